The van der Waals surface area contributed by atoms with E-state index < -0.39 is 10.0 Å². The summed E-state index contributed by atoms with van der Waals surface area (Å²) in [5.41, 5.74) is 2.05. The topological polar surface area (TPSA) is 105 Å². The fourth-order valence-corrected chi connectivity index (χ4v) is 4.60. The molecular weight excluding hydrogens is 545 g/mol. The van der Waals surface area contributed by atoms with Crippen molar-refractivity contribution < 1.29 is 13.2 Å². The van der Waals surface area contributed by atoms with Crippen LogP contribution in [0.3, 0.4) is 0 Å². The maximum absolute atomic E-state index is 12.5. The molecule has 1 saturated heterocycles. The van der Waals surface area contributed by atoms with E-state index in [0.29, 0.717) is 32.7 Å². The Morgan fingerprint density at radius 3 is 2.44 bits per heavy atom. The molecule has 2 heterocycles. The molecule has 0 atom stereocenters. The van der Waals surface area contributed by atoms with Gasteiger partial charge in [0.25, 0.3) is 0 Å². The minimum absolute atomic E-state index is 0. The molecule has 2 aromatic rings. The van der Waals surface area contributed by atoms with E-state index in [1.54, 1.807) is 22.4 Å². The van der Waals surface area contributed by atoms with Crippen LogP contribution in [-0.4, -0.2) is 90.0 Å². The van der Waals surface area contributed by atoms with Crippen LogP contribution in [0.5, 0.6) is 0 Å². The highest BCUT2D eigenvalue weighted by molar-refractivity contribution is 14.0. The number of aliphatic imine (C=N–C) groups is 1. The number of aromatic nitrogens is 3. The van der Waals surface area contributed by atoms with E-state index in [9.17, 15) is 8.42 Å². The predicted octanol–water partition coefficient (Wildman–Crippen LogP) is 1.33. The molecule has 0 amide bonds. The van der Waals surface area contributed by atoms with Gasteiger partial charge in [0.05, 0.1) is 24.2 Å². The fourth-order valence-electron chi connectivity index (χ4n) is 3.32. The van der Waals surface area contributed by atoms with Crippen LogP contribution in [0.25, 0.3) is 5.69 Å². The van der Waals surface area contributed by atoms with Gasteiger partial charge in [-0.15, -0.1) is 24.0 Å². The molecule has 0 bridgehead atoms. The van der Waals surface area contributed by atoms with Crippen LogP contribution < -0.4 is 5.32 Å². The Morgan fingerprint density at radius 1 is 1.19 bits per heavy atom. The van der Waals surface area contributed by atoms with E-state index in [1.165, 1.54) is 6.33 Å². The zero-order chi connectivity index (χ0) is 22.3. The number of rotatable bonds is 8. The molecule has 1 aromatic carbocycles. The Kier molecular flexibility index (Phi) is 10.3. The third-order valence-corrected chi connectivity index (χ3v) is 6.84. The van der Waals surface area contributed by atoms with Crippen molar-refractivity contribution in [2.75, 3.05) is 45.6 Å². The van der Waals surface area contributed by atoms with Gasteiger partial charge in [-0.25, -0.2) is 18.1 Å². The quantitative estimate of drug-likeness (QED) is 0.287. The number of nitrogens with zero attached hydrogens (tertiary/aromatic N) is 6. The van der Waals surface area contributed by atoms with Crippen molar-refractivity contribution in [2.45, 2.75) is 26.5 Å². The zero-order valence-electron chi connectivity index (χ0n) is 18.7. The third kappa shape index (κ3) is 7.39. The molecule has 1 aromatic heterocycles. The van der Waals surface area contributed by atoms with Crippen LogP contribution in [0.1, 0.15) is 19.4 Å². The van der Waals surface area contributed by atoms with Crippen molar-refractivity contribution in [3.8, 4) is 5.69 Å². The first-order valence-corrected chi connectivity index (χ1v) is 12.0. The van der Waals surface area contributed by atoms with Crippen molar-refractivity contribution in [3.05, 3.63) is 42.5 Å². The summed E-state index contributed by atoms with van der Waals surface area (Å²) in [5, 5.41) is 7.49. The Morgan fingerprint density at radius 2 is 1.88 bits per heavy atom. The molecule has 10 nitrogen and oxygen atoms in total. The molecule has 32 heavy (non-hydrogen) atoms. The van der Waals surface area contributed by atoms with Crippen LogP contribution in [-0.2, 0) is 21.3 Å². The first-order chi connectivity index (χ1) is 14.9. The largest absolute Gasteiger partial charge is 0.378 e. The van der Waals surface area contributed by atoms with E-state index in [1.807, 2.05) is 38.1 Å². The highest BCUT2D eigenvalue weighted by Gasteiger charge is 2.28. The first-order valence-electron chi connectivity index (χ1n) is 10.4. The molecule has 0 unspecified atom stereocenters. The molecule has 1 aliphatic rings. The first kappa shape index (κ1) is 26.5. The molecule has 12 heteroatoms. The Labute approximate surface area is 207 Å². The van der Waals surface area contributed by atoms with Gasteiger partial charge in [0.2, 0.25) is 10.0 Å². The smallest absolute Gasteiger partial charge is 0.216 e. The summed E-state index contributed by atoms with van der Waals surface area (Å²) in [6.45, 7) is 6.71. The number of halogens is 1. The van der Waals surface area contributed by atoms with Gasteiger partial charge in [0.1, 0.15) is 12.7 Å². The Balaban J connectivity index is 0.00000363. The molecule has 1 aliphatic heterocycles. The van der Waals surface area contributed by atoms with Crippen molar-refractivity contribution in [2.24, 2.45) is 4.99 Å². The molecule has 1 fully saturated rings. The molecule has 3 rings (SSSR count). The van der Waals surface area contributed by atoms with Crippen molar-refractivity contribution >= 4 is 40.0 Å². The highest BCUT2D eigenvalue weighted by atomic mass is 127. The molecule has 0 saturated carbocycles. The number of nitrogens with one attached hydrogen (secondary N) is 1. The number of ether oxygens (including phenoxy) is 1. The van der Waals surface area contributed by atoms with E-state index in [-0.39, 0.29) is 42.4 Å². The summed E-state index contributed by atoms with van der Waals surface area (Å²) in [6.07, 6.45) is 3.19. The summed E-state index contributed by atoms with van der Waals surface area (Å²) in [5.74, 6) is 0.781. The van der Waals surface area contributed by atoms with Crippen LogP contribution in [0.15, 0.2) is 41.9 Å². The fraction of sp³-hybridized carbons (Fsp3) is 0.550. The van der Waals surface area contributed by atoms with Crippen LogP contribution in [0, 0.1) is 0 Å². The lowest BCUT2D eigenvalue weighted by Crippen LogP contribution is -2.54. The molecule has 0 aliphatic carbocycles. The van der Waals surface area contributed by atoms with Crippen molar-refractivity contribution in [1.82, 2.24) is 29.3 Å². The summed E-state index contributed by atoms with van der Waals surface area (Å²) >= 11 is 0. The second kappa shape index (κ2) is 12.5. The van der Waals surface area contributed by atoms with Crippen LogP contribution >= 0.6 is 24.0 Å². The van der Waals surface area contributed by atoms with E-state index in [0.717, 1.165) is 17.2 Å². The van der Waals surface area contributed by atoms with Gasteiger partial charge in [0.15, 0.2) is 5.96 Å². The summed E-state index contributed by atoms with van der Waals surface area (Å²) in [6, 6.07) is 8.03. The average Bonchev–Trinajstić information content (AvgIpc) is 3.29. The minimum atomic E-state index is -3.30. The molecular formula is C20H32IN7O3S. The van der Waals surface area contributed by atoms with Crippen LogP contribution in [0.2, 0.25) is 0 Å². The monoisotopic (exact) mass is 577 g/mol. The van der Waals surface area contributed by atoms with Gasteiger partial charge in [-0.05, 0) is 31.5 Å². The Hall–Kier alpha value is -1.77. The molecule has 1 N–H and O–H groups in total. The summed E-state index contributed by atoms with van der Waals surface area (Å²) < 4.78 is 33.7. The predicted molar refractivity (Wildman–Crippen MR) is 135 cm³/mol. The van der Waals surface area contributed by atoms with Gasteiger partial charge < -0.3 is 15.0 Å². The van der Waals surface area contributed by atoms with Gasteiger partial charge in [-0.3, -0.25) is 4.99 Å². The van der Waals surface area contributed by atoms with E-state index >= 15 is 0 Å². The lowest BCUT2D eigenvalue weighted by atomic mass is 10.2. The normalized spacial score (nSPS) is 15.6. The number of hydrogen-bond donors (Lipinski definition) is 1. The lowest BCUT2D eigenvalue weighted by Gasteiger charge is -2.35. The maximum atomic E-state index is 12.5. The van der Waals surface area contributed by atoms with Gasteiger partial charge in [0, 0.05) is 39.8 Å². The van der Waals surface area contributed by atoms with Crippen molar-refractivity contribution in [3.63, 3.8) is 0 Å². The number of hydrogen-bond acceptors (Lipinski definition) is 6. The standard InChI is InChI=1S/C20H31N7O3S.HI/c1-17(2)30-12-13-31(28,29)26-10-8-25(9-11-26)20(21-3)23-14-18-4-6-19(7-5-18)27-16-22-15-24-27;/h4-7,15-17H,8-14H2,1-3H3,(H,21,23);1H. The zero-order valence-corrected chi connectivity index (χ0v) is 21.9. The molecule has 178 valence electrons. The minimum Gasteiger partial charge on any atom is -0.378 e. The number of benzene rings is 1. The summed E-state index contributed by atoms with van der Waals surface area (Å²) in [4.78, 5) is 10.4. The second-order valence-corrected chi connectivity index (χ2v) is 9.62. The number of guanidine groups is 1. The molecule has 0 spiro atoms. The molecule has 0 radical (unpaired) electrons. The third-order valence-electron chi connectivity index (χ3n) is 5.01. The van der Waals surface area contributed by atoms with E-state index in [2.05, 4.69) is 25.3 Å². The van der Waals surface area contributed by atoms with Crippen LogP contribution in [0.4, 0.5) is 0 Å². The average molecular weight is 577 g/mol. The van der Waals surface area contributed by atoms with E-state index in [4.69, 9.17) is 4.74 Å². The van der Waals surface area contributed by atoms with Gasteiger partial charge in [-0.2, -0.15) is 9.40 Å². The SMILES string of the molecule is CN=C(NCc1ccc(-n2cncn2)cc1)N1CCN(S(=O)(=O)CCOC(C)C)CC1.I. The summed E-state index contributed by atoms with van der Waals surface area (Å²) in [7, 11) is -1.56. The number of piperazine rings is 1. The Bertz CT molecular complexity index is 942. The van der Waals surface area contributed by atoms with Gasteiger partial charge in [-0.1, -0.05) is 12.1 Å². The number of sulfonamides is 1. The highest BCUT2D eigenvalue weighted by Crippen LogP contribution is 2.11. The maximum Gasteiger partial charge on any atom is 0.216 e. The lowest BCUT2D eigenvalue weighted by molar-refractivity contribution is 0.0904. The van der Waals surface area contributed by atoms with Crippen molar-refractivity contribution in [1.29, 1.82) is 0 Å². The second-order valence-electron chi connectivity index (χ2n) is 7.53. The van der Waals surface area contributed by atoms with Gasteiger partial charge >= 0.3 is 0 Å².